The van der Waals surface area contributed by atoms with Gasteiger partial charge in [-0.15, -0.1) is 11.3 Å². The molecule has 18 heavy (non-hydrogen) atoms. The number of rotatable bonds is 7. The van der Waals surface area contributed by atoms with Gasteiger partial charge in [-0.3, -0.25) is 0 Å². The van der Waals surface area contributed by atoms with E-state index in [9.17, 15) is 0 Å². The molecule has 0 aliphatic heterocycles. The van der Waals surface area contributed by atoms with Gasteiger partial charge in [0.25, 0.3) is 0 Å². The summed E-state index contributed by atoms with van der Waals surface area (Å²) < 4.78 is 5.64. The fraction of sp³-hybridized carbons (Fsp3) is 0.333. The van der Waals surface area contributed by atoms with Gasteiger partial charge < -0.3 is 10.1 Å². The Morgan fingerprint density at radius 1 is 1.17 bits per heavy atom. The molecule has 0 aliphatic carbocycles. The van der Waals surface area contributed by atoms with Gasteiger partial charge in [-0.25, -0.2) is 0 Å². The van der Waals surface area contributed by atoms with Gasteiger partial charge in [0.05, 0.1) is 6.61 Å². The Bertz CT molecular complexity index is 427. The molecule has 96 valence electrons. The predicted octanol–water partition coefficient (Wildman–Crippen LogP) is 3.87. The first kappa shape index (κ1) is 13.1. The lowest BCUT2D eigenvalue weighted by atomic mass is 10.2. The Hall–Kier alpha value is -1.32. The first-order valence-electron chi connectivity index (χ1n) is 6.31. The summed E-state index contributed by atoms with van der Waals surface area (Å²) in [4.78, 5) is 1.39. The van der Waals surface area contributed by atoms with Crippen LogP contribution in [0.5, 0.6) is 5.75 Å². The molecular weight excluding hydrogens is 242 g/mol. The minimum atomic E-state index is 0.432. The number of thiophene rings is 1. The summed E-state index contributed by atoms with van der Waals surface area (Å²) in [5.74, 6) is 0.948. The lowest BCUT2D eigenvalue weighted by molar-refractivity contribution is 0.306. The molecule has 0 amide bonds. The number of benzene rings is 1. The number of hydrogen-bond acceptors (Lipinski definition) is 3. The van der Waals surface area contributed by atoms with E-state index in [1.165, 1.54) is 4.88 Å². The molecule has 0 saturated carbocycles. The average Bonchev–Trinajstić information content (AvgIpc) is 2.93. The third-order valence-electron chi connectivity index (χ3n) is 2.75. The second-order valence-electron chi connectivity index (χ2n) is 4.21. The number of para-hydroxylation sites is 1. The number of nitrogens with one attached hydrogen (secondary N) is 1. The SMILES string of the molecule is CC(NCCCOc1ccccc1)c1cccs1. The monoisotopic (exact) mass is 261 g/mol. The summed E-state index contributed by atoms with van der Waals surface area (Å²) in [7, 11) is 0. The molecule has 0 bridgehead atoms. The van der Waals surface area contributed by atoms with Gasteiger partial charge in [-0.05, 0) is 43.5 Å². The second-order valence-corrected chi connectivity index (χ2v) is 5.19. The molecule has 2 aromatic rings. The van der Waals surface area contributed by atoms with Crippen molar-refractivity contribution >= 4 is 11.3 Å². The summed E-state index contributed by atoms with van der Waals surface area (Å²) >= 11 is 1.80. The Morgan fingerprint density at radius 2 is 2.00 bits per heavy atom. The van der Waals surface area contributed by atoms with E-state index >= 15 is 0 Å². The van der Waals surface area contributed by atoms with Crippen molar-refractivity contribution in [3.05, 3.63) is 52.7 Å². The molecule has 1 N–H and O–H groups in total. The number of ether oxygens (including phenoxy) is 1. The summed E-state index contributed by atoms with van der Waals surface area (Å²) in [5, 5.41) is 5.62. The topological polar surface area (TPSA) is 21.3 Å². The lowest BCUT2D eigenvalue weighted by Gasteiger charge is -2.12. The zero-order valence-corrected chi connectivity index (χ0v) is 11.5. The fourth-order valence-electron chi connectivity index (χ4n) is 1.74. The molecule has 1 atom stereocenters. The highest BCUT2D eigenvalue weighted by Gasteiger charge is 2.04. The summed E-state index contributed by atoms with van der Waals surface area (Å²) in [6, 6.07) is 14.7. The minimum absolute atomic E-state index is 0.432. The van der Waals surface area contributed by atoms with Gasteiger partial charge in [0.15, 0.2) is 0 Å². The van der Waals surface area contributed by atoms with Crippen LogP contribution in [0.2, 0.25) is 0 Å². The van der Waals surface area contributed by atoms with E-state index in [2.05, 4.69) is 29.8 Å². The van der Waals surface area contributed by atoms with Gasteiger partial charge in [0, 0.05) is 10.9 Å². The van der Waals surface area contributed by atoms with Crippen molar-refractivity contribution in [2.75, 3.05) is 13.2 Å². The van der Waals surface area contributed by atoms with Crippen LogP contribution in [0.1, 0.15) is 24.3 Å². The highest BCUT2D eigenvalue weighted by molar-refractivity contribution is 7.10. The standard InChI is InChI=1S/C15H19NOS/c1-13(15-9-5-12-18-15)16-10-6-11-17-14-7-3-2-4-8-14/h2-5,7-9,12-13,16H,6,10-11H2,1H3. The zero-order valence-electron chi connectivity index (χ0n) is 10.6. The first-order valence-corrected chi connectivity index (χ1v) is 7.19. The van der Waals surface area contributed by atoms with Crippen LogP contribution in [-0.4, -0.2) is 13.2 Å². The maximum absolute atomic E-state index is 5.64. The first-order chi connectivity index (χ1) is 8.86. The molecule has 0 spiro atoms. The van der Waals surface area contributed by atoms with Crippen molar-refractivity contribution in [2.24, 2.45) is 0 Å². The van der Waals surface area contributed by atoms with Crippen LogP contribution in [0.25, 0.3) is 0 Å². The molecule has 0 saturated heterocycles. The van der Waals surface area contributed by atoms with E-state index in [-0.39, 0.29) is 0 Å². The summed E-state index contributed by atoms with van der Waals surface area (Å²) in [5.41, 5.74) is 0. The van der Waals surface area contributed by atoms with Crippen molar-refractivity contribution in [1.82, 2.24) is 5.32 Å². The molecule has 2 nitrogen and oxygen atoms in total. The van der Waals surface area contributed by atoms with Crippen LogP contribution in [-0.2, 0) is 0 Å². The van der Waals surface area contributed by atoms with Crippen molar-refractivity contribution < 1.29 is 4.74 Å². The Balaban J connectivity index is 1.59. The van der Waals surface area contributed by atoms with Gasteiger partial charge in [0.1, 0.15) is 5.75 Å². The average molecular weight is 261 g/mol. The molecule has 1 aromatic carbocycles. The van der Waals surface area contributed by atoms with E-state index in [4.69, 9.17) is 4.74 Å². The molecule has 1 aromatic heterocycles. The van der Waals surface area contributed by atoms with Crippen LogP contribution in [0.4, 0.5) is 0 Å². The van der Waals surface area contributed by atoms with Crippen molar-refractivity contribution in [3.8, 4) is 5.75 Å². The predicted molar refractivity (Wildman–Crippen MR) is 77.3 cm³/mol. The summed E-state index contributed by atoms with van der Waals surface area (Å²) in [6.07, 6.45) is 1.02. The molecule has 2 rings (SSSR count). The highest BCUT2D eigenvalue weighted by Crippen LogP contribution is 2.17. The second kappa shape index (κ2) is 7.19. The Morgan fingerprint density at radius 3 is 2.72 bits per heavy atom. The molecule has 1 unspecified atom stereocenters. The maximum atomic E-state index is 5.64. The largest absolute Gasteiger partial charge is 0.494 e. The van der Waals surface area contributed by atoms with Gasteiger partial charge in [-0.1, -0.05) is 24.3 Å². The molecule has 3 heteroatoms. The fourth-order valence-corrected chi connectivity index (χ4v) is 2.49. The molecule has 1 heterocycles. The molecule has 0 radical (unpaired) electrons. The third kappa shape index (κ3) is 4.17. The maximum Gasteiger partial charge on any atom is 0.119 e. The normalized spacial score (nSPS) is 12.3. The lowest BCUT2D eigenvalue weighted by Crippen LogP contribution is -2.20. The molecule has 0 aliphatic rings. The minimum Gasteiger partial charge on any atom is -0.494 e. The Kier molecular flexibility index (Phi) is 5.24. The highest BCUT2D eigenvalue weighted by atomic mass is 32.1. The van der Waals surface area contributed by atoms with Crippen LogP contribution in [0.3, 0.4) is 0 Å². The van der Waals surface area contributed by atoms with E-state index in [1.54, 1.807) is 11.3 Å². The van der Waals surface area contributed by atoms with Crippen molar-refractivity contribution in [3.63, 3.8) is 0 Å². The molecular formula is C15H19NOS. The van der Waals surface area contributed by atoms with E-state index in [0.29, 0.717) is 6.04 Å². The summed E-state index contributed by atoms with van der Waals surface area (Å²) in [6.45, 7) is 3.93. The van der Waals surface area contributed by atoms with Crippen LogP contribution in [0, 0.1) is 0 Å². The van der Waals surface area contributed by atoms with Crippen molar-refractivity contribution in [2.45, 2.75) is 19.4 Å². The van der Waals surface area contributed by atoms with Gasteiger partial charge in [-0.2, -0.15) is 0 Å². The van der Waals surface area contributed by atoms with Crippen LogP contribution >= 0.6 is 11.3 Å². The van der Waals surface area contributed by atoms with Crippen molar-refractivity contribution in [1.29, 1.82) is 0 Å². The van der Waals surface area contributed by atoms with E-state index < -0.39 is 0 Å². The van der Waals surface area contributed by atoms with Gasteiger partial charge in [0.2, 0.25) is 0 Å². The smallest absolute Gasteiger partial charge is 0.119 e. The van der Waals surface area contributed by atoms with Crippen LogP contribution < -0.4 is 10.1 Å². The quantitative estimate of drug-likeness (QED) is 0.764. The van der Waals surface area contributed by atoms with Crippen LogP contribution in [0.15, 0.2) is 47.8 Å². The third-order valence-corrected chi connectivity index (χ3v) is 3.81. The van der Waals surface area contributed by atoms with E-state index in [0.717, 1.165) is 25.3 Å². The van der Waals surface area contributed by atoms with E-state index in [1.807, 2.05) is 30.3 Å². The number of hydrogen-bond donors (Lipinski definition) is 1. The molecule has 0 fully saturated rings. The Labute approximate surface area is 113 Å². The zero-order chi connectivity index (χ0) is 12.6. The van der Waals surface area contributed by atoms with Gasteiger partial charge >= 0.3 is 0 Å².